The van der Waals surface area contributed by atoms with Crippen LogP contribution >= 0.6 is 0 Å². The van der Waals surface area contributed by atoms with Crippen LogP contribution in [0, 0.1) is 13.8 Å². The maximum atomic E-state index is 5.87. The Bertz CT molecular complexity index is 371. The van der Waals surface area contributed by atoms with Gasteiger partial charge in [-0.05, 0) is 52.8 Å². The van der Waals surface area contributed by atoms with Crippen LogP contribution in [0.1, 0.15) is 43.5 Å². The summed E-state index contributed by atoms with van der Waals surface area (Å²) in [5.74, 6) is 0. The van der Waals surface area contributed by atoms with Crippen LogP contribution in [0.3, 0.4) is 0 Å². The third-order valence-corrected chi connectivity index (χ3v) is 3.25. The van der Waals surface area contributed by atoms with Gasteiger partial charge in [0.25, 0.3) is 0 Å². The molecule has 0 amide bonds. The minimum absolute atomic E-state index is 0.206. The average molecular weight is 235 g/mol. The van der Waals surface area contributed by atoms with E-state index in [0.29, 0.717) is 0 Å². The zero-order valence-corrected chi connectivity index (χ0v) is 11.9. The Labute approximate surface area is 105 Å². The molecule has 0 bridgehead atoms. The minimum atomic E-state index is -0.206. The van der Waals surface area contributed by atoms with Crippen LogP contribution in [0.15, 0.2) is 18.2 Å². The van der Waals surface area contributed by atoms with E-state index in [9.17, 15) is 0 Å². The molecular formula is C15H25NO. The number of benzene rings is 1. The molecular weight excluding hydrogens is 210 g/mol. The van der Waals surface area contributed by atoms with Gasteiger partial charge < -0.3 is 10.1 Å². The van der Waals surface area contributed by atoms with Crippen LogP contribution in [-0.2, 0) is 4.74 Å². The second-order valence-electron chi connectivity index (χ2n) is 5.12. The highest BCUT2D eigenvalue weighted by molar-refractivity contribution is 5.34. The SMILES string of the molecule is CCOC(C)(C)C(NC)c1cc(C)ccc1C. The van der Waals surface area contributed by atoms with Gasteiger partial charge >= 0.3 is 0 Å². The van der Waals surface area contributed by atoms with Gasteiger partial charge in [-0.1, -0.05) is 23.8 Å². The second-order valence-corrected chi connectivity index (χ2v) is 5.12. The van der Waals surface area contributed by atoms with Gasteiger partial charge in [-0.25, -0.2) is 0 Å². The molecule has 2 nitrogen and oxygen atoms in total. The van der Waals surface area contributed by atoms with Crippen molar-refractivity contribution in [3.63, 3.8) is 0 Å². The third-order valence-electron chi connectivity index (χ3n) is 3.25. The molecule has 0 spiro atoms. The van der Waals surface area contributed by atoms with Gasteiger partial charge in [-0.3, -0.25) is 0 Å². The van der Waals surface area contributed by atoms with Crippen LogP contribution < -0.4 is 5.32 Å². The summed E-state index contributed by atoms with van der Waals surface area (Å²) >= 11 is 0. The number of hydrogen-bond acceptors (Lipinski definition) is 2. The van der Waals surface area contributed by atoms with Gasteiger partial charge in [0, 0.05) is 6.61 Å². The topological polar surface area (TPSA) is 21.3 Å². The molecule has 0 aliphatic carbocycles. The smallest absolute Gasteiger partial charge is 0.0820 e. The van der Waals surface area contributed by atoms with Crippen molar-refractivity contribution in [2.24, 2.45) is 0 Å². The van der Waals surface area contributed by atoms with Crippen molar-refractivity contribution in [1.82, 2.24) is 5.32 Å². The summed E-state index contributed by atoms with van der Waals surface area (Å²) in [6.45, 7) is 11.3. The fourth-order valence-electron chi connectivity index (χ4n) is 2.40. The number of likely N-dealkylation sites (N-methyl/N-ethyl adjacent to an activating group) is 1. The Hall–Kier alpha value is -0.860. The molecule has 0 aliphatic rings. The van der Waals surface area contributed by atoms with Crippen molar-refractivity contribution in [3.05, 3.63) is 34.9 Å². The van der Waals surface area contributed by atoms with Gasteiger partial charge in [0.2, 0.25) is 0 Å². The van der Waals surface area contributed by atoms with Crippen molar-refractivity contribution >= 4 is 0 Å². The molecule has 96 valence electrons. The molecule has 1 unspecified atom stereocenters. The van der Waals surface area contributed by atoms with Crippen molar-refractivity contribution in [1.29, 1.82) is 0 Å². The lowest BCUT2D eigenvalue weighted by Crippen LogP contribution is -2.40. The third kappa shape index (κ3) is 3.30. The van der Waals surface area contributed by atoms with Crippen LogP contribution in [0.25, 0.3) is 0 Å². The highest BCUT2D eigenvalue weighted by atomic mass is 16.5. The first-order valence-electron chi connectivity index (χ1n) is 6.30. The molecule has 1 atom stereocenters. The van der Waals surface area contributed by atoms with Crippen molar-refractivity contribution in [2.45, 2.75) is 46.3 Å². The number of rotatable bonds is 5. The van der Waals surface area contributed by atoms with Gasteiger partial charge in [-0.15, -0.1) is 0 Å². The maximum Gasteiger partial charge on any atom is 0.0820 e. The predicted molar refractivity (Wildman–Crippen MR) is 73.4 cm³/mol. The van der Waals surface area contributed by atoms with Crippen molar-refractivity contribution in [2.75, 3.05) is 13.7 Å². The zero-order chi connectivity index (χ0) is 13.1. The molecule has 0 aromatic heterocycles. The zero-order valence-electron chi connectivity index (χ0n) is 11.9. The van der Waals surface area contributed by atoms with E-state index in [0.717, 1.165) is 6.61 Å². The van der Waals surface area contributed by atoms with Crippen LogP contribution in [0.2, 0.25) is 0 Å². The molecule has 1 N–H and O–H groups in total. The van der Waals surface area contributed by atoms with E-state index in [-0.39, 0.29) is 11.6 Å². The molecule has 1 aromatic rings. The van der Waals surface area contributed by atoms with Crippen molar-refractivity contribution < 1.29 is 4.74 Å². The first kappa shape index (κ1) is 14.2. The molecule has 0 aliphatic heterocycles. The molecule has 17 heavy (non-hydrogen) atoms. The standard InChI is InChI=1S/C15H25NO/c1-7-17-15(4,5)14(16-6)13-10-11(2)8-9-12(13)3/h8-10,14,16H,7H2,1-6H3. The molecule has 0 saturated heterocycles. The van der Waals surface area contributed by atoms with Gasteiger partial charge in [0.1, 0.15) is 0 Å². The monoisotopic (exact) mass is 235 g/mol. The van der Waals surface area contributed by atoms with Gasteiger partial charge in [0.15, 0.2) is 0 Å². The fraction of sp³-hybridized carbons (Fsp3) is 0.600. The Morgan fingerprint density at radius 2 is 1.94 bits per heavy atom. The maximum absolute atomic E-state index is 5.87. The summed E-state index contributed by atoms with van der Waals surface area (Å²) in [7, 11) is 1.99. The van der Waals surface area contributed by atoms with E-state index >= 15 is 0 Å². The van der Waals surface area contributed by atoms with E-state index in [4.69, 9.17) is 4.74 Å². The van der Waals surface area contributed by atoms with Gasteiger partial charge in [-0.2, -0.15) is 0 Å². The van der Waals surface area contributed by atoms with Crippen LogP contribution in [0.4, 0.5) is 0 Å². The second kappa shape index (κ2) is 5.65. The van der Waals surface area contributed by atoms with E-state index in [1.54, 1.807) is 0 Å². The average Bonchev–Trinajstić information content (AvgIpc) is 2.23. The Morgan fingerprint density at radius 1 is 1.29 bits per heavy atom. The van der Waals surface area contributed by atoms with E-state index in [1.165, 1.54) is 16.7 Å². The predicted octanol–water partition coefficient (Wildman–Crippen LogP) is 3.38. The van der Waals surface area contributed by atoms with Crippen LogP contribution in [0.5, 0.6) is 0 Å². The van der Waals surface area contributed by atoms with E-state index in [2.05, 4.69) is 51.2 Å². The summed E-state index contributed by atoms with van der Waals surface area (Å²) in [6, 6.07) is 6.79. The highest BCUT2D eigenvalue weighted by Crippen LogP contribution is 2.31. The minimum Gasteiger partial charge on any atom is -0.374 e. The highest BCUT2D eigenvalue weighted by Gasteiger charge is 2.31. The largest absolute Gasteiger partial charge is 0.374 e. The lowest BCUT2D eigenvalue weighted by molar-refractivity contribution is -0.0376. The summed E-state index contributed by atoms with van der Waals surface area (Å²) in [4.78, 5) is 0. The molecule has 2 heteroatoms. The number of hydrogen-bond donors (Lipinski definition) is 1. The quantitative estimate of drug-likeness (QED) is 0.844. The lowest BCUT2D eigenvalue weighted by Gasteiger charge is -2.35. The Kier molecular flexibility index (Phi) is 4.72. The first-order chi connectivity index (χ1) is 7.92. The normalized spacial score (nSPS) is 13.8. The molecule has 0 heterocycles. The molecule has 1 aromatic carbocycles. The lowest BCUT2D eigenvalue weighted by atomic mass is 9.88. The Morgan fingerprint density at radius 3 is 2.47 bits per heavy atom. The fourth-order valence-corrected chi connectivity index (χ4v) is 2.40. The summed E-state index contributed by atoms with van der Waals surface area (Å²) in [5, 5.41) is 3.39. The van der Waals surface area contributed by atoms with E-state index in [1.807, 2.05) is 14.0 Å². The summed E-state index contributed by atoms with van der Waals surface area (Å²) in [5.41, 5.74) is 3.72. The van der Waals surface area contributed by atoms with E-state index < -0.39 is 0 Å². The number of ether oxygens (including phenoxy) is 1. The van der Waals surface area contributed by atoms with Gasteiger partial charge in [0.05, 0.1) is 11.6 Å². The molecule has 1 rings (SSSR count). The first-order valence-corrected chi connectivity index (χ1v) is 6.30. The Balaban J connectivity index is 3.13. The number of nitrogens with one attached hydrogen (secondary N) is 1. The molecule has 0 saturated carbocycles. The molecule has 0 radical (unpaired) electrons. The van der Waals surface area contributed by atoms with Crippen molar-refractivity contribution in [3.8, 4) is 0 Å². The number of aryl methyl sites for hydroxylation is 2. The molecule has 0 fully saturated rings. The van der Waals surface area contributed by atoms with Crippen LogP contribution in [-0.4, -0.2) is 19.3 Å². The summed E-state index contributed by atoms with van der Waals surface area (Å²) in [6.07, 6.45) is 0. The summed E-state index contributed by atoms with van der Waals surface area (Å²) < 4.78 is 5.87.